The average Bonchev–Trinajstić information content (AvgIpc) is 3.04. The summed E-state index contributed by atoms with van der Waals surface area (Å²) in [5, 5.41) is 4.18. The summed E-state index contributed by atoms with van der Waals surface area (Å²) in [6.07, 6.45) is 3.68. The summed E-state index contributed by atoms with van der Waals surface area (Å²) in [5.41, 5.74) is 8.25. The minimum Gasteiger partial charge on any atom is -0.399 e. The summed E-state index contributed by atoms with van der Waals surface area (Å²) in [7, 11) is -1.15. The first-order valence-corrected chi connectivity index (χ1v) is 8.35. The van der Waals surface area contributed by atoms with Gasteiger partial charge in [-0.2, -0.15) is 5.10 Å². The molecule has 2 aromatic heterocycles. The number of nitrogen functional groups attached to an aromatic ring is 1. The summed E-state index contributed by atoms with van der Waals surface area (Å²) >= 11 is 1.43. The van der Waals surface area contributed by atoms with Crippen LogP contribution < -0.4 is 5.73 Å². The Labute approximate surface area is 122 Å². The first-order valence-electron chi connectivity index (χ1n) is 6.21. The number of fused-ring (bicyclic) bond motifs is 1. The average molecular weight is 306 g/mol. The fourth-order valence-corrected chi connectivity index (χ4v) is 4.22. The van der Waals surface area contributed by atoms with E-state index in [-0.39, 0.29) is 0 Å². The van der Waals surface area contributed by atoms with Gasteiger partial charge in [0.05, 0.1) is 33.0 Å². The Balaban J connectivity index is 1.84. The smallest absolute Gasteiger partial charge is 0.182 e. The highest BCUT2D eigenvalue weighted by atomic mass is 32.2. The second-order valence-corrected chi connectivity index (χ2v) is 7.06. The van der Waals surface area contributed by atoms with E-state index in [1.165, 1.54) is 11.3 Å². The van der Waals surface area contributed by atoms with Crippen molar-refractivity contribution in [2.45, 2.75) is 23.6 Å². The van der Waals surface area contributed by atoms with Gasteiger partial charge in [-0.3, -0.25) is 8.89 Å². The van der Waals surface area contributed by atoms with Gasteiger partial charge in [0, 0.05) is 24.0 Å². The van der Waals surface area contributed by atoms with Crippen LogP contribution in [0.15, 0.2) is 34.9 Å². The molecule has 20 heavy (non-hydrogen) atoms. The number of hydrogen-bond donors (Lipinski definition) is 1. The van der Waals surface area contributed by atoms with Crippen LogP contribution in [-0.4, -0.2) is 19.0 Å². The Hall–Kier alpha value is -1.73. The van der Waals surface area contributed by atoms with E-state index in [1.807, 2.05) is 29.9 Å². The van der Waals surface area contributed by atoms with Gasteiger partial charge >= 0.3 is 0 Å². The van der Waals surface area contributed by atoms with Gasteiger partial charge < -0.3 is 5.73 Å². The van der Waals surface area contributed by atoms with Crippen LogP contribution >= 0.6 is 11.3 Å². The van der Waals surface area contributed by atoms with E-state index in [4.69, 9.17) is 5.73 Å². The standard InChI is InChI=1S/C13H14N4OS2/c1-2-17-7-9(6-15-17)8-20(18)13-16-11-4-3-10(14)5-12(11)19-13/h3-7H,2,8,14H2,1H3. The molecule has 1 aromatic carbocycles. The number of rotatable bonds is 4. The summed E-state index contributed by atoms with van der Waals surface area (Å²) in [6, 6.07) is 5.53. The van der Waals surface area contributed by atoms with Gasteiger partial charge in [-0.25, -0.2) is 4.98 Å². The number of hydrogen-bond acceptors (Lipinski definition) is 5. The Kier molecular flexibility index (Phi) is 3.54. The van der Waals surface area contributed by atoms with Gasteiger partial charge in [-0.05, 0) is 25.1 Å². The lowest BCUT2D eigenvalue weighted by Crippen LogP contribution is -1.95. The maximum absolute atomic E-state index is 12.4. The quantitative estimate of drug-likeness (QED) is 0.751. The lowest BCUT2D eigenvalue weighted by molar-refractivity contribution is 0.659. The third kappa shape index (κ3) is 2.59. The van der Waals surface area contributed by atoms with Gasteiger partial charge in [0.1, 0.15) is 0 Å². The van der Waals surface area contributed by atoms with Gasteiger partial charge in [-0.1, -0.05) is 0 Å². The first-order chi connectivity index (χ1) is 9.65. The highest BCUT2D eigenvalue weighted by Crippen LogP contribution is 2.27. The Morgan fingerprint density at radius 2 is 2.30 bits per heavy atom. The molecular formula is C13H14N4OS2. The number of anilines is 1. The molecule has 2 heterocycles. The molecule has 3 rings (SSSR count). The number of nitrogens with two attached hydrogens (primary N) is 1. The van der Waals surface area contributed by atoms with Crippen LogP contribution in [-0.2, 0) is 23.1 Å². The Morgan fingerprint density at radius 3 is 3.05 bits per heavy atom. The molecule has 0 radical (unpaired) electrons. The van der Waals surface area contributed by atoms with E-state index in [9.17, 15) is 4.21 Å². The zero-order chi connectivity index (χ0) is 14.1. The number of aryl methyl sites for hydroxylation is 1. The Morgan fingerprint density at radius 1 is 1.45 bits per heavy atom. The monoisotopic (exact) mass is 306 g/mol. The first kappa shape index (κ1) is 13.3. The van der Waals surface area contributed by atoms with Crippen LogP contribution in [0.5, 0.6) is 0 Å². The molecule has 5 nitrogen and oxygen atoms in total. The van der Waals surface area contributed by atoms with E-state index in [0.717, 1.165) is 22.3 Å². The number of benzene rings is 1. The fourth-order valence-electron chi connectivity index (χ4n) is 1.88. The zero-order valence-electron chi connectivity index (χ0n) is 10.9. The molecule has 0 fully saturated rings. The predicted molar refractivity (Wildman–Crippen MR) is 82.0 cm³/mol. The molecule has 3 aromatic rings. The molecule has 1 atom stereocenters. The third-order valence-corrected chi connectivity index (χ3v) is 5.59. The van der Waals surface area contributed by atoms with Crippen molar-refractivity contribution in [1.29, 1.82) is 0 Å². The van der Waals surface area contributed by atoms with E-state index >= 15 is 0 Å². The molecule has 0 saturated heterocycles. The molecule has 1 unspecified atom stereocenters. The number of thiazole rings is 1. The van der Waals surface area contributed by atoms with Crippen molar-refractivity contribution >= 4 is 38.0 Å². The van der Waals surface area contributed by atoms with E-state index in [0.29, 0.717) is 15.8 Å². The predicted octanol–water partition coefficient (Wildman–Crippen LogP) is 2.40. The van der Waals surface area contributed by atoms with Gasteiger partial charge in [0.25, 0.3) is 0 Å². The van der Waals surface area contributed by atoms with Gasteiger partial charge in [0.2, 0.25) is 0 Å². The molecule has 0 saturated carbocycles. The van der Waals surface area contributed by atoms with Crippen LogP contribution in [0.4, 0.5) is 5.69 Å². The third-order valence-electron chi connectivity index (χ3n) is 2.90. The minimum absolute atomic E-state index is 0.440. The molecule has 0 spiro atoms. The summed E-state index contributed by atoms with van der Waals surface area (Å²) in [4.78, 5) is 4.41. The second kappa shape index (κ2) is 5.34. The van der Waals surface area contributed by atoms with Crippen LogP contribution in [0.3, 0.4) is 0 Å². The van der Waals surface area contributed by atoms with Crippen LogP contribution in [0.1, 0.15) is 12.5 Å². The molecule has 0 bridgehead atoms. The largest absolute Gasteiger partial charge is 0.399 e. The number of aromatic nitrogens is 3. The van der Waals surface area contributed by atoms with Crippen molar-refractivity contribution in [3.05, 3.63) is 36.2 Å². The minimum atomic E-state index is -1.15. The summed E-state index contributed by atoms with van der Waals surface area (Å²) in [5.74, 6) is 0.440. The maximum Gasteiger partial charge on any atom is 0.182 e. The lowest BCUT2D eigenvalue weighted by Gasteiger charge is -1.94. The zero-order valence-corrected chi connectivity index (χ0v) is 12.6. The van der Waals surface area contributed by atoms with Crippen molar-refractivity contribution in [2.24, 2.45) is 0 Å². The van der Waals surface area contributed by atoms with Crippen LogP contribution in [0.2, 0.25) is 0 Å². The summed E-state index contributed by atoms with van der Waals surface area (Å²) < 4.78 is 15.8. The van der Waals surface area contributed by atoms with Crippen molar-refractivity contribution in [1.82, 2.24) is 14.8 Å². The van der Waals surface area contributed by atoms with Crippen molar-refractivity contribution in [3.8, 4) is 0 Å². The highest BCUT2D eigenvalue weighted by Gasteiger charge is 2.12. The highest BCUT2D eigenvalue weighted by molar-refractivity contribution is 7.86. The molecule has 104 valence electrons. The molecule has 0 aliphatic rings. The molecule has 2 N–H and O–H groups in total. The fraction of sp³-hybridized carbons (Fsp3) is 0.231. The number of nitrogens with zero attached hydrogens (tertiary/aromatic N) is 3. The molecule has 0 aliphatic heterocycles. The van der Waals surface area contributed by atoms with Crippen molar-refractivity contribution in [2.75, 3.05) is 5.73 Å². The molecule has 0 aliphatic carbocycles. The summed E-state index contributed by atoms with van der Waals surface area (Å²) in [6.45, 7) is 2.83. The van der Waals surface area contributed by atoms with Crippen LogP contribution in [0.25, 0.3) is 10.2 Å². The van der Waals surface area contributed by atoms with E-state index in [1.54, 1.807) is 12.3 Å². The molecule has 7 heteroatoms. The second-order valence-electron chi connectivity index (χ2n) is 4.40. The topological polar surface area (TPSA) is 73.8 Å². The molecule has 0 amide bonds. The Bertz CT molecular complexity index is 778. The van der Waals surface area contributed by atoms with Crippen molar-refractivity contribution in [3.63, 3.8) is 0 Å². The SMILES string of the molecule is CCn1cc(CS(=O)c2nc3ccc(N)cc3s2)cn1. The normalized spacial score (nSPS) is 12.8. The maximum atomic E-state index is 12.4. The van der Waals surface area contributed by atoms with E-state index < -0.39 is 10.8 Å². The van der Waals surface area contributed by atoms with Crippen LogP contribution in [0, 0.1) is 0 Å². The lowest BCUT2D eigenvalue weighted by atomic mass is 10.3. The molecular weight excluding hydrogens is 292 g/mol. The van der Waals surface area contributed by atoms with E-state index in [2.05, 4.69) is 10.1 Å². The van der Waals surface area contributed by atoms with Crippen molar-refractivity contribution < 1.29 is 4.21 Å². The van der Waals surface area contributed by atoms with Gasteiger partial charge in [0.15, 0.2) is 4.34 Å². The van der Waals surface area contributed by atoms with Gasteiger partial charge in [-0.15, -0.1) is 11.3 Å².